The second-order valence-corrected chi connectivity index (χ2v) is 11.0. The molecule has 0 N–H and O–H groups in total. The number of ketones is 2. The third-order valence-corrected chi connectivity index (χ3v) is 9.50. The van der Waals surface area contributed by atoms with Crippen molar-refractivity contribution in [3.63, 3.8) is 0 Å². The molecule has 0 aromatic rings. The fraction of sp³-hybridized carbons (Fsp3) is 0.625. The van der Waals surface area contributed by atoms with Gasteiger partial charge in [0, 0.05) is 17.8 Å². The van der Waals surface area contributed by atoms with Crippen molar-refractivity contribution >= 4 is 28.4 Å². The molecule has 0 spiro atoms. The highest BCUT2D eigenvalue weighted by Crippen LogP contribution is 2.68. The van der Waals surface area contributed by atoms with Gasteiger partial charge >= 0.3 is 0 Å². The average Bonchev–Trinajstić information content (AvgIpc) is 2.87. The average molecular weight is 417 g/mol. The van der Waals surface area contributed by atoms with Gasteiger partial charge in [0.1, 0.15) is 0 Å². The van der Waals surface area contributed by atoms with E-state index in [4.69, 9.17) is 0 Å². The van der Waals surface area contributed by atoms with Crippen molar-refractivity contribution in [2.75, 3.05) is 0 Å². The van der Waals surface area contributed by atoms with E-state index in [-0.39, 0.29) is 40.4 Å². The van der Waals surface area contributed by atoms with E-state index in [1.54, 1.807) is 6.08 Å². The Bertz CT molecular complexity index is 915. The molecule has 3 nitrogen and oxygen atoms in total. The zero-order valence-electron chi connectivity index (χ0n) is 17.8. The van der Waals surface area contributed by atoms with Gasteiger partial charge in [-0.05, 0) is 78.8 Å². The molecule has 4 rings (SSSR count). The molecule has 5 heteroatoms. The Kier molecular flexibility index (Phi) is 4.66. The van der Waals surface area contributed by atoms with Crippen LogP contribution in [-0.4, -0.2) is 22.9 Å². The van der Waals surface area contributed by atoms with Crippen molar-refractivity contribution in [2.24, 2.45) is 34.5 Å². The highest BCUT2D eigenvalue weighted by molar-refractivity contribution is 8.17. The smallest absolute Gasteiger partial charge is 0.192 e. The molecule has 3 fully saturated rings. The number of hydrogen-bond acceptors (Lipinski definition) is 4. The number of hydrogen-bond donors (Lipinski definition) is 0. The predicted molar refractivity (Wildman–Crippen MR) is 113 cm³/mol. The molecule has 0 aromatic heterocycles. The maximum absolute atomic E-state index is 14.5. The predicted octanol–water partition coefficient (Wildman–Crippen LogP) is 5.22. The van der Waals surface area contributed by atoms with Gasteiger partial charge in [-0.2, -0.15) is 0 Å². The summed E-state index contributed by atoms with van der Waals surface area (Å²) in [4.78, 5) is 37.9. The number of carbonyl (C=O) groups excluding carboxylic acids is 3. The number of alkyl halides is 1. The number of fused-ring (bicyclic) bond motifs is 5. The largest absolute Gasteiger partial charge is 0.296 e. The first-order valence-corrected chi connectivity index (χ1v) is 11.3. The van der Waals surface area contributed by atoms with Crippen LogP contribution in [-0.2, 0) is 14.4 Å². The standard InChI is InChI=1S/C24H29FO3S/c1-11-9-18(27)21(29-14(4)26)20-13(3)12(2)19-15(24(11,20)6)7-8-23(5)16(19)10-17(25)22(23)28/h9,12,15-17,19H,3,7-8,10H2,1-2,4-6H3/t12-,15+,16+,17-,19-,23+,24-/m1/s1. The molecule has 0 heterocycles. The lowest BCUT2D eigenvalue weighted by molar-refractivity contribution is -0.135. The molecule has 29 heavy (non-hydrogen) atoms. The number of carbonyl (C=O) groups is 3. The summed E-state index contributed by atoms with van der Waals surface area (Å²) >= 11 is 1.01. The minimum atomic E-state index is -1.37. The zero-order chi connectivity index (χ0) is 21.5. The van der Waals surface area contributed by atoms with Gasteiger partial charge in [-0.25, -0.2) is 4.39 Å². The number of Topliss-reactive ketones (excluding diaryl/α,β-unsaturated/α-hetero) is 1. The summed E-state index contributed by atoms with van der Waals surface area (Å²) in [6.07, 6.45) is 2.07. The topological polar surface area (TPSA) is 51.2 Å². The van der Waals surface area contributed by atoms with Crippen LogP contribution in [0.1, 0.15) is 53.9 Å². The molecule has 156 valence electrons. The van der Waals surface area contributed by atoms with E-state index in [0.29, 0.717) is 17.7 Å². The zero-order valence-corrected chi connectivity index (χ0v) is 18.6. The SMILES string of the molecule is C=C1C2=C(SC(C)=O)C(=O)C=C(C)[C@]2(C)[C@H]2CC[C@]3(C)C(=O)[C@H](F)C[C@H]3[C@@H]2[C@@H]1C. The first-order chi connectivity index (χ1) is 13.4. The van der Waals surface area contributed by atoms with E-state index in [2.05, 4.69) is 20.4 Å². The number of allylic oxidation sites excluding steroid dienone is 5. The Morgan fingerprint density at radius 1 is 1.28 bits per heavy atom. The molecule has 0 bridgehead atoms. The quantitative estimate of drug-likeness (QED) is 0.588. The lowest BCUT2D eigenvalue weighted by Gasteiger charge is -2.60. The first kappa shape index (κ1) is 20.8. The van der Waals surface area contributed by atoms with Crippen LogP contribution in [0.4, 0.5) is 4.39 Å². The van der Waals surface area contributed by atoms with Crippen LogP contribution in [0, 0.1) is 34.5 Å². The molecule has 0 aliphatic heterocycles. The second kappa shape index (κ2) is 6.50. The van der Waals surface area contributed by atoms with Gasteiger partial charge in [-0.15, -0.1) is 0 Å². The summed E-state index contributed by atoms with van der Waals surface area (Å²) in [5.74, 6) is 0.00263. The van der Waals surface area contributed by atoms with Crippen LogP contribution in [0.25, 0.3) is 0 Å². The molecule has 0 amide bonds. The van der Waals surface area contributed by atoms with E-state index >= 15 is 0 Å². The van der Waals surface area contributed by atoms with E-state index in [1.165, 1.54) is 6.92 Å². The van der Waals surface area contributed by atoms with Gasteiger partial charge < -0.3 is 0 Å². The number of halogens is 1. The van der Waals surface area contributed by atoms with E-state index in [9.17, 15) is 18.8 Å². The van der Waals surface area contributed by atoms with Gasteiger partial charge in [0.15, 0.2) is 22.9 Å². The van der Waals surface area contributed by atoms with Gasteiger partial charge in [-0.1, -0.05) is 32.9 Å². The molecule has 4 aliphatic carbocycles. The van der Waals surface area contributed by atoms with Crippen LogP contribution >= 0.6 is 11.8 Å². The van der Waals surface area contributed by atoms with Crippen LogP contribution in [0.5, 0.6) is 0 Å². The summed E-state index contributed by atoms with van der Waals surface area (Å²) in [5.41, 5.74) is 1.74. The van der Waals surface area contributed by atoms with Gasteiger partial charge in [0.25, 0.3) is 0 Å². The van der Waals surface area contributed by atoms with E-state index in [1.807, 2.05) is 13.8 Å². The number of rotatable bonds is 1. The Labute approximate surface area is 176 Å². The van der Waals surface area contributed by atoms with Crippen LogP contribution in [0.15, 0.2) is 34.3 Å². The Morgan fingerprint density at radius 2 is 1.93 bits per heavy atom. The highest BCUT2D eigenvalue weighted by atomic mass is 32.2. The molecule has 0 unspecified atom stereocenters. The Balaban J connectivity index is 1.89. The molecular weight excluding hydrogens is 387 g/mol. The lowest BCUT2D eigenvalue weighted by atomic mass is 9.44. The third-order valence-electron chi connectivity index (χ3n) is 8.60. The first-order valence-electron chi connectivity index (χ1n) is 10.5. The Hall–Kier alpha value is -1.49. The summed E-state index contributed by atoms with van der Waals surface area (Å²) in [7, 11) is 0. The molecular formula is C24H29FO3S. The molecule has 0 saturated heterocycles. The molecule has 7 atom stereocenters. The molecule has 4 aliphatic rings. The monoisotopic (exact) mass is 416 g/mol. The van der Waals surface area contributed by atoms with Crippen molar-refractivity contribution in [2.45, 2.75) is 60.1 Å². The maximum Gasteiger partial charge on any atom is 0.192 e. The Morgan fingerprint density at radius 3 is 2.55 bits per heavy atom. The van der Waals surface area contributed by atoms with Crippen LogP contribution in [0.2, 0.25) is 0 Å². The molecule has 3 saturated carbocycles. The summed E-state index contributed by atoms with van der Waals surface area (Å²) in [5, 5.41) is -0.114. The summed E-state index contributed by atoms with van der Waals surface area (Å²) < 4.78 is 14.5. The van der Waals surface area contributed by atoms with Crippen molar-refractivity contribution in [3.05, 3.63) is 34.3 Å². The van der Waals surface area contributed by atoms with Gasteiger partial charge in [0.05, 0.1) is 4.91 Å². The minimum absolute atomic E-state index is 0.0109. The summed E-state index contributed by atoms with van der Waals surface area (Å²) in [6, 6.07) is 0. The van der Waals surface area contributed by atoms with Gasteiger partial charge in [-0.3, -0.25) is 14.4 Å². The van der Waals surface area contributed by atoms with Crippen molar-refractivity contribution in [1.82, 2.24) is 0 Å². The fourth-order valence-corrected chi connectivity index (χ4v) is 7.84. The number of thioether (sulfide) groups is 1. The third kappa shape index (κ3) is 2.58. The van der Waals surface area contributed by atoms with Crippen molar-refractivity contribution in [1.29, 1.82) is 0 Å². The lowest BCUT2D eigenvalue weighted by Crippen LogP contribution is -2.54. The van der Waals surface area contributed by atoms with Crippen LogP contribution in [0.3, 0.4) is 0 Å². The molecule has 0 aromatic carbocycles. The second-order valence-electron chi connectivity index (χ2n) is 9.82. The minimum Gasteiger partial charge on any atom is -0.296 e. The van der Waals surface area contributed by atoms with Crippen molar-refractivity contribution < 1.29 is 18.8 Å². The van der Waals surface area contributed by atoms with Crippen molar-refractivity contribution in [3.8, 4) is 0 Å². The van der Waals surface area contributed by atoms with E-state index in [0.717, 1.165) is 34.9 Å². The molecule has 0 radical (unpaired) electrons. The maximum atomic E-state index is 14.5. The van der Waals surface area contributed by atoms with E-state index < -0.39 is 17.0 Å². The summed E-state index contributed by atoms with van der Waals surface area (Å²) in [6.45, 7) is 14.0. The fourth-order valence-electron chi connectivity index (χ4n) is 6.95. The van der Waals surface area contributed by atoms with Crippen LogP contribution < -0.4 is 0 Å². The highest BCUT2D eigenvalue weighted by Gasteiger charge is 2.64. The normalized spacial score (nSPS) is 44.3. The van der Waals surface area contributed by atoms with Gasteiger partial charge in [0.2, 0.25) is 0 Å².